The Balaban J connectivity index is 2.07. The molecule has 0 amide bonds. The third-order valence-corrected chi connectivity index (χ3v) is 4.70. The maximum absolute atomic E-state index is 5.35. The van der Waals surface area contributed by atoms with Crippen molar-refractivity contribution < 1.29 is 9.47 Å². The van der Waals surface area contributed by atoms with Crippen LogP contribution in [0.5, 0.6) is 11.5 Å². The third kappa shape index (κ3) is 9.85. The monoisotopic (exact) mass is 380 g/mol. The van der Waals surface area contributed by atoms with E-state index in [1.54, 1.807) is 14.2 Å². The van der Waals surface area contributed by atoms with Crippen LogP contribution >= 0.6 is 12.2 Å². The van der Waals surface area contributed by atoms with Gasteiger partial charge in [-0.15, -0.1) is 0 Å². The quantitative estimate of drug-likeness (QED) is 0.310. The predicted octanol–water partition coefficient (Wildman–Crippen LogP) is 5.91. The topological polar surface area (TPSA) is 42.5 Å². The first-order valence-electron chi connectivity index (χ1n) is 9.98. The zero-order chi connectivity index (χ0) is 19.0. The summed E-state index contributed by atoms with van der Waals surface area (Å²) < 4.78 is 10.5. The first kappa shape index (κ1) is 22.6. The number of benzene rings is 1. The van der Waals surface area contributed by atoms with Gasteiger partial charge in [-0.1, -0.05) is 64.7 Å². The van der Waals surface area contributed by atoms with Gasteiger partial charge in [0.15, 0.2) is 16.6 Å². The summed E-state index contributed by atoms with van der Waals surface area (Å²) in [6, 6.07) is 5.68. The van der Waals surface area contributed by atoms with E-state index in [9.17, 15) is 0 Å². The molecule has 0 aliphatic carbocycles. The number of thiocarbonyl (C=S) groups is 1. The molecular weight excluding hydrogens is 344 g/mol. The molecule has 0 atom stereocenters. The molecule has 2 N–H and O–H groups in total. The third-order valence-electron chi connectivity index (χ3n) is 4.46. The summed E-state index contributed by atoms with van der Waals surface area (Å²) in [6.07, 6.45) is 13.4. The van der Waals surface area contributed by atoms with Crippen LogP contribution in [-0.2, 0) is 0 Å². The number of rotatable bonds is 14. The number of anilines is 1. The molecule has 0 aliphatic rings. The second-order valence-corrected chi connectivity index (χ2v) is 7.04. The molecule has 0 radical (unpaired) electrons. The lowest BCUT2D eigenvalue weighted by molar-refractivity contribution is 0.355. The van der Waals surface area contributed by atoms with Crippen molar-refractivity contribution in [2.24, 2.45) is 0 Å². The van der Waals surface area contributed by atoms with Crippen LogP contribution in [0.4, 0.5) is 5.69 Å². The summed E-state index contributed by atoms with van der Waals surface area (Å²) in [5.41, 5.74) is 0.892. The fourth-order valence-electron chi connectivity index (χ4n) is 2.90. The lowest BCUT2D eigenvalue weighted by Crippen LogP contribution is -2.29. The summed E-state index contributed by atoms with van der Waals surface area (Å²) in [7, 11) is 3.26. The van der Waals surface area contributed by atoms with Gasteiger partial charge in [-0.05, 0) is 30.8 Å². The van der Waals surface area contributed by atoms with Crippen LogP contribution in [0, 0.1) is 0 Å². The molecule has 148 valence electrons. The van der Waals surface area contributed by atoms with Crippen LogP contribution in [0.2, 0.25) is 0 Å². The smallest absolute Gasteiger partial charge is 0.170 e. The fourth-order valence-corrected chi connectivity index (χ4v) is 3.12. The maximum Gasteiger partial charge on any atom is 0.170 e. The van der Waals surface area contributed by atoms with E-state index in [0.29, 0.717) is 16.6 Å². The number of hydrogen-bond donors (Lipinski definition) is 2. The van der Waals surface area contributed by atoms with Crippen molar-refractivity contribution in [1.29, 1.82) is 0 Å². The van der Waals surface area contributed by atoms with Gasteiger partial charge in [0, 0.05) is 18.3 Å². The molecule has 1 rings (SSSR count). The molecule has 26 heavy (non-hydrogen) atoms. The van der Waals surface area contributed by atoms with Gasteiger partial charge in [0.05, 0.1) is 14.2 Å². The Bertz CT molecular complexity index is 509. The summed E-state index contributed by atoms with van der Waals surface area (Å²) in [6.45, 7) is 3.18. The van der Waals surface area contributed by atoms with Crippen LogP contribution < -0.4 is 20.1 Å². The molecule has 0 spiro atoms. The number of nitrogens with one attached hydrogen (secondary N) is 2. The van der Waals surface area contributed by atoms with Crippen LogP contribution in [0.25, 0.3) is 0 Å². The number of unbranched alkanes of at least 4 members (excludes halogenated alkanes) is 9. The van der Waals surface area contributed by atoms with E-state index >= 15 is 0 Å². The maximum atomic E-state index is 5.35. The fraction of sp³-hybridized carbons (Fsp3) is 0.667. The Kier molecular flexibility index (Phi) is 12.7. The number of methoxy groups -OCH3 is 2. The lowest BCUT2D eigenvalue weighted by atomic mass is 10.1. The summed E-state index contributed by atoms with van der Waals surface area (Å²) >= 11 is 5.35. The van der Waals surface area contributed by atoms with Gasteiger partial charge < -0.3 is 20.1 Å². The van der Waals surface area contributed by atoms with E-state index in [1.165, 1.54) is 57.8 Å². The van der Waals surface area contributed by atoms with Crippen LogP contribution in [0.15, 0.2) is 18.2 Å². The molecule has 0 aliphatic heterocycles. The number of hydrogen-bond acceptors (Lipinski definition) is 3. The molecule has 0 saturated heterocycles. The Labute approximate surface area is 165 Å². The molecule has 1 aromatic rings. The highest BCUT2D eigenvalue weighted by molar-refractivity contribution is 7.80. The summed E-state index contributed by atoms with van der Waals surface area (Å²) in [5.74, 6) is 1.40. The van der Waals surface area contributed by atoms with E-state index < -0.39 is 0 Å². The molecule has 0 heterocycles. The van der Waals surface area contributed by atoms with Crippen LogP contribution in [0.1, 0.15) is 71.1 Å². The van der Waals surface area contributed by atoms with Crippen molar-refractivity contribution in [3.05, 3.63) is 18.2 Å². The minimum atomic E-state index is 0.646. The van der Waals surface area contributed by atoms with Crippen molar-refractivity contribution in [1.82, 2.24) is 5.32 Å². The van der Waals surface area contributed by atoms with E-state index in [0.717, 1.165) is 18.7 Å². The normalized spacial score (nSPS) is 10.4. The second kappa shape index (κ2) is 14.7. The van der Waals surface area contributed by atoms with Crippen molar-refractivity contribution in [3.63, 3.8) is 0 Å². The Morgan fingerprint density at radius 2 is 1.42 bits per heavy atom. The molecule has 1 aromatic carbocycles. The molecule has 0 saturated carbocycles. The highest BCUT2D eigenvalue weighted by Gasteiger charge is 2.05. The standard InChI is InChI=1S/C21H36N2O2S/c1-4-5-6-7-8-9-10-11-12-13-16-22-21(26)23-18-14-15-19(24-2)20(17-18)25-3/h14-15,17H,4-13,16H2,1-3H3,(H2,22,23,26). The highest BCUT2D eigenvalue weighted by atomic mass is 32.1. The minimum Gasteiger partial charge on any atom is -0.493 e. The first-order chi connectivity index (χ1) is 12.7. The van der Waals surface area contributed by atoms with E-state index in [1.807, 2.05) is 18.2 Å². The van der Waals surface area contributed by atoms with Crippen molar-refractivity contribution in [3.8, 4) is 11.5 Å². The van der Waals surface area contributed by atoms with Gasteiger partial charge in [-0.2, -0.15) is 0 Å². The molecule has 0 aromatic heterocycles. The Morgan fingerprint density at radius 1 is 0.846 bits per heavy atom. The predicted molar refractivity (Wildman–Crippen MR) is 116 cm³/mol. The zero-order valence-corrected chi connectivity index (χ0v) is 17.6. The average molecular weight is 381 g/mol. The van der Waals surface area contributed by atoms with E-state index in [-0.39, 0.29) is 0 Å². The second-order valence-electron chi connectivity index (χ2n) is 6.63. The molecule has 0 unspecified atom stereocenters. The molecular formula is C21H36N2O2S. The largest absolute Gasteiger partial charge is 0.493 e. The Hall–Kier alpha value is -1.49. The van der Waals surface area contributed by atoms with Gasteiger partial charge in [0.25, 0.3) is 0 Å². The van der Waals surface area contributed by atoms with Gasteiger partial charge >= 0.3 is 0 Å². The first-order valence-corrected chi connectivity index (χ1v) is 10.4. The van der Waals surface area contributed by atoms with Crippen molar-refractivity contribution in [2.45, 2.75) is 71.1 Å². The average Bonchev–Trinajstić information content (AvgIpc) is 2.66. The lowest BCUT2D eigenvalue weighted by Gasteiger charge is -2.13. The van der Waals surface area contributed by atoms with Crippen LogP contribution in [-0.4, -0.2) is 25.9 Å². The van der Waals surface area contributed by atoms with Gasteiger partial charge in [0.1, 0.15) is 0 Å². The van der Waals surface area contributed by atoms with Crippen molar-refractivity contribution >= 4 is 23.0 Å². The molecule has 0 bridgehead atoms. The molecule has 5 heteroatoms. The zero-order valence-electron chi connectivity index (χ0n) is 16.7. The van der Waals surface area contributed by atoms with Crippen LogP contribution in [0.3, 0.4) is 0 Å². The highest BCUT2D eigenvalue weighted by Crippen LogP contribution is 2.29. The van der Waals surface area contributed by atoms with Gasteiger partial charge in [-0.25, -0.2) is 0 Å². The minimum absolute atomic E-state index is 0.646. The number of ether oxygens (including phenoxy) is 2. The molecule has 4 nitrogen and oxygen atoms in total. The molecule has 0 fully saturated rings. The Morgan fingerprint density at radius 3 is 2.00 bits per heavy atom. The van der Waals surface area contributed by atoms with E-state index in [2.05, 4.69) is 17.6 Å². The van der Waals surface area contributed by atoms with Crippen molar-refractivity contribution in [2.75, 3.05) is 26.1 Å². The summed E-state index contributed by atoms with van der Waals surface area (Å²) in [4.78, 5) is 0. The van der Waals surface area contributed by atoms with Gasteiger partial charge in [-0.3, -0.25) is 0 Å². The van der Waals surface area contributed by atoms with Gasteiger partial charge in [0.2, 0.25) is 0 Å². The van der Waals surface area contributed by atoms with E-state index in [4.69, 9.17) is 21.7 Å². The SMILES string of the molecule is CCCCCCCCCCCCNC(=S)Nc1ccc(OC)c(OC)c1. The summed E-state index contributed by atoms with van der Waals surface area (Å²) in [5, 5.41) is 7.11.